The zero-order valence-corrected chi connectivity index (χ0v) is 19.4. The molecule has 0 saturated carbocycles. The van der Waals surface area contributed by atoms with E-state index in [1.54, 1.807) is 0 Å². The molecule has 0 bridgehead atoms. The van der Waals surface area contributed by atoms with Gasteiger partial charge in [-0.25, -0.2) is 0 Å². The molecule has 0 aliphatic carbocycles. The summed E-state index contributed by atoms with van der Waals surface area (Å²) in [7, 11) is -2.92. The van der Waals surface area contributed by atoms with E-state index in [4.69, 9.17) is 15.1 Å². The fourth-order valence-corrected chi connectivity index (χ4v) is 0. The van der Waals surface area contributed by atoms with Crippen molar-refractivity contribution in [3.8, 4) is 0 Å². The minimum absolute atomic E-state index is 0. The van der Waals surface area contributed by atoms with Crippen LogP contribution in [0.4, 0.5) is 0 Å². The molecule has 0 spiro atoms. The minimum Gasteiger partial charge on any atom is -1.00 e. The molecule has 0 aliphatic heterocycles. The van der Waals surface area contributed by atoms with Crippen LogP contribution in [0.15, 0.2) is 0 Å². The average molecular weight is 251 g/mol. The summed E-state index contributed by atoms with van der Waals surface area (Å²) >= 11 is 0. The molecule has 0 radical (unpaired) electrons. The van der Waals surface area contributed by atoms with Crippen LogP contribution in [0.25, 0.3) is 0 Å². The van der Waals surface area contributed by atoms with Crippen molar-refractivity contribution in [1.82, 2.24) is 0 Å². The summed E-state index contributed by atoms with van der Waals surface area (Å²) in [5.41, 5.74) is 0. The zero-order chi connectivity index (χ0) is 3.58. The molecule has 0 aromatic heterocycles. The number of hydrogen-bond acceptors (Lipinski definition) is 3. The molecule has 0 amide bonds. The molecule has 0 rings (SSSR count). The average Bonchev–Trinajstić information content (AvgIpc) is 0.811. The van der Waals surface area contributed by atoms with Crippen molar-refractivity contribution in [3.05, 3.63) is 0 Å². The van der Waals surface area contributed by atoms with Crippen molar-refractivity contribution in [2.75, 3.05) is 0 Å². The van der Waals surface area contributed by atoms with Gasteiger partial charge >= 0.3 is 206 Å². The van der Waals surface area contributed by atoms with Crippen molar-refractivity contribution in [2.24, 2.45) is 0 Å². The molecule has 0 saturated heterocycles. The van der Waals surface area contributed by atoms with E-state index in [-0.39, 0.29) is 218 Å². The van der Waals surface area contributed by atoms with Gasteiger partial charge in [0.05, 0.1) is 0 Å². The van der Waals surface area contributed by atoms with Gasteiger partial charge in [0.1, 0.15) is 0 Å². The van der Waals surface area contributed by atoms with Crippen LogP contribution in [-0.2, 0) is 0 Å². The van der Waals surface area contributed by atoms with Crippen LogP contribution in [0, 0.1) is 0 Å². The van der Waals surface area contributed by atoms with Crippen LogP contribution >= 0.6 is 0 Å². The van der Waals surface area contributed by atoms with Crippen LogP contribution in [-0.4, -0.2) is 7.32 Å². The maximum Gasteiger partial charge on any atom is 1.00 e. The number of halogens is 1. The number of hydrogen-bond donors (Lipinski definition) is 0. The first-order valence-corrected chi connectivity index (χ1v) is 0.707. The number of rotatable bonds is 0. The van der Waals surface area contributed by atoms with Gasteiger partial charge in [-0.05, 0) is 0 Å². The first-order chi connectivity index (χ1) is 1.73. The van der Waals surface area contributed by atoms with Gasteiger partial charge in [0.2, 0.25) is 0 Å². The third-order valence-corrected chi connectivity index (χ3v) is 0. The molecule has 0 fully saturated rings. The van der Waals surface area contributed by atoms with Gasteiger partial charge in [-0.15, -0.1) is 0 Å². The zero-order valence-electron chi connectivity index (χ0n) is 6.18. The first kappa shape index (κ1) is 36.0. The predicted molar refractivity (Wildman–Crippen MR) is 5.75 cm³/mol. The summed E-state index contributed by atoms with van der Waals surface area (Å²) < 4.78 is 0. The molecular weight excluding hydrogens is 251 g/mol. The van der Waals surface area contributed by atoms with Crippen LogP contribution in [0.5, 0.6) is 0 Å². The van der Waals surface area contributed by atoms with E-state index in [9.17, 15) is 0 Å². The largest absolute Gasteiger partial charge is 1.00 e. The molecule has 0 heterocycles. The minimum atomic E-state index is -2.92. The topological polar surface area (TPSA) is 69.2 Å². The van der Waals surface area contributed by atoms with Crippen LogP contribution in [0.1, 0.15) is 0 Å². The van der Waals surface area contributed by atoms with Crippen molar-refractivity contribution in [2.45, 2.75) is 0 Å². The standard InChI is InChI=1S/BO3.ClH.4K/c2-1(3)4;;;;;/h;1H;;;;/q-3;;4*+1/p-1. The molecule has 0 N–H and O–H groups in total. The molecule has 9 heavy (non-hydrogen) atoms. The molecule has 32 valence electrons. The van der Waals surface area contributed by atoms with Gasteiger partial charge in [-0.2, -0.15) is 0 Å². The Balaban J connectivity index is -0.00000000450. The van der Waals surface area contributed by atoms with Gasteiger partial charge < -0.3 is 27.5 Å². The Morgan fingerprint density at radius 1 is 0.667 bits per heavy atom. The molecule has 9 heteroatoms. The molecule has 0 aliphatic rings. The SMILES string of the molecule is [Cl-].[K+].[K+].[K+].[K+].[O-]B([O-])[O-]. The summed E-state index contributed by atoms with van der Waals surface area (Å²) in [5, 5.41) is 25.2. The maximum atomic E-state index is 8.42. The van der Waals surface area contributed by atoms with Crippen molar-refractivity contribution >= 4 is 7.32 Å². The Kier molecular flexibility index (Phi) is 117. The Morgan fingerprint density at radius 2 is 0.667 bits per heavy atom. The van der Waals surface area contributed by atoms with E-state index < -0.39 is 7.32 Å². The van der Waals surface area contributed by atoms with Crippen molar-refractivity contribution < 1.29 is 233 Å². The van der Waals surface area contributed by atoms with E-state index >= 15 is 0 Å². The van der Waals surface area contributed by atoms with Gasteiger partial charge in [-0.3, -0.25) is 7.32 Å². The fraction of sp³-hybridized carbons (Fsp3) is 0. The van der Waals surface area contributed by atoms with E-state index in [1.807, 2.05) is 0 Å². The Labute approximate surface area is 232 Å². The van der Waals surface area contributed by atoms with Crippen molar-refractivity contribution in [1.29, 1.82) is 0 Å². The third kappa shape index (κ3) is 52.5. The smallest absolute Gasteiger partial charge is 1.00 e. The Bertz CT molecular complexity index is 20.5. The van der Waals surface area contributed by atoms with Crippen molar-refractivity contribution in [3.63, 3.8) is 0 Å². The summed E-state index contributed by atoms with van der Waals surface area (Å²) in [6.07, 6.45) is 0. The Morgan fingerprint density at radius 3 is 0.667 bits per heavy atom. The Hall–Kier alpha value is 6.78. The summed E-state index contributed by atoms with van der Waals surface area (Å²) in [4.78, 5) is 0. The second kappa shape index (κ2) is 29.3. The van der Waals surface area contributed by atoms with Gasteiger partial charge in [0.15, 0.2) is 0 Å². The van der Waals surface area contributed by atoms with E-state index in [0.717, 1.165) is 0 Å². The second-order valence-corrected chi connectivity index (χ2v) is 0.289. The normalized spacial score (nSPS) is 3.00. The second-order valence-electron chi connectivity index (χ2n) is 0.289. The molecule has 0 aromatic carbocycles. The van der Waals surface area contributed by atoms with Crippen LogP contribution < -0.4 is 233 Å². The quantitative estimate of drug-likeness (QED) is 0.401. The molecule has 3 nitrogen and oxygen atoms in total. The molecule has 0 aromatic rings. The molecule has 0 atom stereocenters. The first-order valence-electron chi connectivity index (χ1n) is 0.707. The maximum absolute atomic E-state index is 8.42. The van der Waals surface area contributed by atoms with Gasteiger partial charge in [-0.1, -0.05) is 0 Å². The summed E-state index contributed by atoms with van der Waals surface area (Å²) in [6.45, 7) is 0. The van der Waals surface area contributed by atoms with E-state index in [0.29, 0.717) is 0 Å². The summed E-state index contributed by atoms with van der Waals surface area (Å²) in [6, 6.07) is 0. The van der Waals surface area contributed by atoms with Crippen LogP contribution in [0.3, 0.4) is 0 Å². The van der Waals surface area contributed by atoms with E-state index in [2.05, 4.69) is 0 Å². The fourth-order valence-electron chi connectivity index (χ4n) is 0. The molecular formula is BClK4O3. The van der Waals surface area contributed by atoms with E-state index in [1.165, 1.54) is 0 Å². The summed E-state index contributed by atoms with van der Waals surface area (Å²) in [5.74, 6) is 0. The van der Waals surface area contributed by atoms with Gasteiger partial charge in [0, 0.05) is 0 Å². The van der Waals surface area contributed by atoms with Gasteiger partial charge in [0.25, 0.3) is 0 Å². The monoisotopic (exact) mass is 250 g/mol. The predicted octanol–water partition coefficient (Wildman–Crippen LogP) is -18.9. The third-order valence-electron chi connectivity index (χ3n) is 0. The molecule has 0 unspecified atom stereocenters. The van der Waals surface area contributed by atoms with Crippen LogP contribution in [0.2, 0.25) is 0 Å².